The van der Waals surface area contributed by atoms with Gasteiger partial charge in [0.05, 0.1) is 0 Å². The topological polar surface area (TPSA) is 44.3 Å². The molecule has 0 atom stereocenters. The molecule has 5 nitrogen and oxygen atoms in total. The van der Waals surface area contributed by atoms with Crippen LogP contribution in [0.4, 0.5) is 5.82 Å². The van der Waals surface area contributed by atoms with Gasteiger partial charge in [-0.05, 0) is 55.4 Å². The van der Waals surface area contributed by atoms with Crippen LogP contribution in [0.3, 0.4) is 0 Å². The lowest BCUT2D eigenvalue weighted by Gasteiger charge is -2.36. The van der Waals surface area contributed by atoms with E-state index in [2.05, 4.69) is 44.1 Å². The van der Waals surface area contributed by atoms with Gasteiger partial charge in [-0.1, -0.05) is 6.07 Å². The van der Waals surface area contributed by atoms with E-state index in [0.29, 0.717) is 0 Å². The Hall–Kier alpha value is -2.05. The van der Waals surface area contributed by atoms with E-state index in [1.165, 1.54) is 11.1 Å². The van der Waals surface area contributed by atoms with Crippen LogP contribution in [0.1, 0.15) is 16.8 Å². The van der Waals surface area contributed by atoms with Crippen LogP contribution in [0, 0.1) is 13.8 Å². The average Bonchev–Trinajstić information content (AvgIpc) is 2.55. The fourth-order valence-corrected chi connectivity index (χ4v) is 3.24. The highest BCUT2D eigenvalue weighted by Crippen LogP contribution is 2.12. The third kappa shape index (κ3) is 4.49. The fourth-order valence-electron chi connectivity index (χ4n) is 2.95. The Morgan fingerprint density at radius 2 is 2.00 bits per heavy atom. The minimum absolute atomic E-state index is 0.758. The SMILES string of the molecule is Cc1cc(C)nc(NC(=S)N2CCN(Cc3cccnc3)CC2)c1. The van der Waals surface area contributed by atoms with Crippen molar-refractivity contribution in [3.05, 3.63) is 53.5 Å². The van der Waals surface area contributed by atoms with Crippen molar-refractivity contribution in [2.24, 2.45) is 0 Å². The number of rotatable bonds is 3. The predicted octanol–water partition coefficient (Wildman–Crippen LogP) is 2.61. The molecule has 3 rings (SSSR count). The first-order chi connectivity index (χ1) is 11.6. The van der Waals surface area contributed by atoms with Crippen molar-refractivity contribution in [3.8, 4) is 0 Å². The average molecular weight is 341 g/mol. The van der Waals surface area contributed by atoms with Crippen molar-refractivity contribution in [1.82, 2.24) is 19.8 Å². The summed E-state index contributed by atoms with van der Waals surface area (Å²) in [5.74, 6) is 0.829. The van der Waals surface area contributed by atoms with Gasteiger partial charge in [-0.2, -0.15) is 0 Å². The minimum atomic E-state index is 0.758. The normalized spacial score (nSPS) is 15.3. The molecule has 0 aliphatic carbocycles. The molecule has 0 amide bonds. The third-order valence-electron chi connectivity index (χ3n) is 4.12. The first-order valence-electron chi connectivity index (χ1n) is 8.22. The molecular formula is C18H23N5S. The van der Waals surface area contributed by atoms with E-state index in [1.807, 2.05) is 31.5 Å². The molecule has 0 aromatic carbocycles. The zero-order chi connectivity index (χ0) is 16.9. The summed E-state index contributed by atoms with van der Waals surface area (Å²) < 4.78 is 0. The molecule has 126 valence electrons. The van der Waals surface area contributed by atoms with E-state index in [1.54, 1.807) is 0 Å². The van der Waals surface area contributed by atoms with Crippen molar-refractivity contribution in [3.63, 3.8) is 0 Å². The van der Waals surface area contributed by atoms with Crippen molar-refractivity contribution in [2.75, 3.05) is 31.5 Å². The standard InChI is InChI=1S/C18H23N5S/c1-14-10-15(2)20-17(11-14)21-18(24)23-8-6-22(7-9-23)13-16-4-3-5-19-12-16/h3-5,10-12H,6-9,13H2,1-2H3,(H,20,21,24). The highest BCUT2D eigenvalue weighted by Gasteiger charge is 2.19. The number of hydrogen-bond acceptors (Lipinski definition) is 4. The molecule has 0 saturated carbocycles. The monoisotopic (exact) mass is 341 g/mol. The van der Waals surface area contributed by atoms with E-state index in [0.717, 1.165) is 49.3 Å². The van der Waals surface area contributed by atoms with Gasteiger partial charge in [0, 0.05) is 50.8 Å². The Morgan fingerprint density at radius 3 is 2.67 bits per heavy atom. The molecular weight excluding hydrogens is 318 g/mol. The first-order valence-corrected chi connectivity index (χ1v) is 8.63. The van der Waals surface area contributed by atoms with E-state index in [4.69, 9.17) is 12.2 Å². The zero-order valence-corrected chi connectivity index (χ0v) is 15.0. The number of pyridine rings is 2. The van der Waals surface area contributed by atoms with Crippen molar-refractivity contribution >= 4 is 23.1 Å². The Balaban J connectivity index is 1.51. The van der Waals surface area contributed by atoms with E-state index in [9.17, 15) is 0 Å². The van der Waals surface area contributed by atoms with Gasteiger partial charge < -0.3 is 10.2 Å². The van der Waals surface area contributed by atoms with Gasteiger partial charge in [-0.3, -0.25) is 9.88 Å². The van der Waals surface area contributed by atoms with Gasteiger partial charge in [-0.15, -0.1) is 0 Å². The summed E-state index contributed by atoms with van der Waals surface area (Å²) >= 11 is 5.56. The molecule has 0 spiro atoms. The fraction of sp³-hybridized carbons (Fsp3) is 0.389. The number of thiocarbonyl (C=S) groups is 1. The maximum absolute atomic E-state index is 5.56. The summed E-state index contributed by atoms with van der Waals surface area (Å²) in [6, 6.07) is 8.20. The summed E-state index contributed by atoms with van der Waals surface area (Å²) in [5, 5.41) is 4.03. The minimum Gasteiger partial charge on any atom is -0.346 e. The van der Waals surface area contributed by atoms with E-state index < -0.39 is 0 Å². The Labute approximate surface area is 148 Å². The number of aryl methyl sites for hydroxylation is 2. The number of aromatic nitrogens is 2. The van der Waals surface area contributed by atoms with Crippen LogP contribution in [-0.4, -0.2) is 51.1 Å². The maximum atomic E-state index is 5.56. The zero-order valence-electron chi connectivity index (χ0n) is 14.2. The number of hydrogen-bond donors (Lipinski definition) is 1. The lowest BCUT2D eigenvalue weighted by Crippen LogP contribution is -2.49. The highest BCUT2D eigenvalue weighted by molar-refractivity contribution is 7.80. The van der Waals surface area contributed by atoms with Crippen LogP contribution in [-0.2, 0) is 6.54 Å². The molecule has 2 aromatic heterocycles. The molecule has 6 heteroatoms. The summed E-state index contributed by atoms with van der Waals surface area (Å²) in [6.45, 7) is 8.86. The van der Waals surface area contributed by atoms with Crippen molar-refractivity contribution in [2.45, 2.75) is 20.4 Å². The second-order valence-electron chi connectivity index (χ2n) is 6.23. The van der Waals surface area contributed by atoms with Crippen LogP contribution in [0.2, 0.25) is 0 Å². The Morgan fingerprint density at radius 1 is 1.21 bits per heavy atom. The molecule has 1 saturated heterocycles. The van der Waals surface area contributed by atoms with Gasteiger partial charge in [-0.25, -0.2) is 4.98 Å². The largest absolute Gasteiger partial charge is 0.346 e. The summed E-state index contributed by atoms with van der Waals surface area (Å²) in [7, 11) is 0. The number of piperazine rings is 1. The van der Waals surface area contributed by atoms with Crippen LogP contribution >= 0.6 is 12.2 Å². The number of nitrogens with one attached hydrogen (secondary N) is 1. The van der Waals surface area contributed by atoms with Crippen molar-refractivity contribution in [1.29, 1.82) is 0 Å². The van der Waals surface area contributed by atoms with Crippen LogP contribution < -0.4 is 5.32 Å². The van der Waals surface area contributed by atoms with E-state index in [-0.39, 0.29) is 0 Å². The van der Waals surface area contributed by atoms with Gasteiger partial charge in [0.1, 0.15) is 5.82 Å². The van der Waals surface area contributed by atoms with Crippen LogP contribution in [0.15, 0.2) is 36.7 Å². The quantitative estimate of drug-likeness (QED) is 0.866. The number of nitrogens with zero attached hydrogens (tertiary/aromatic N) is 4. The molecule has 0 unspecified atom stereocenters. The molecule has 24 heavy (non-hydrogen) atoms. The summed E-state index contributed by atoms with van der Waals surface area (Å²) in [5.41, 5.74) is 3.45. The highest BCUT2D eigenvalue weighted by atomic mass is 32.1. The van der Waals surface area contributed by atoms with Crippen LogP contribution in [0.25, 0.3) is 0 Å². The van der Waals surface area contributed by atoms with Gasteiger partial charge in [0.2, 0.25) is 0 Å². The molecule has 0 bridgehead atoms. The van der Waals surface area contributed by atoms with Crippen LogP contribution in [0.5, 0.6) is 0 Å². The second-order valence-corrected chi connectivity index (χ2v) is 6.61. The Kier molecular flexibility index (Phi) is 5.37. The second kappa shape index (κ2) is 7.68. The molecule has 1 aliphatic heterocycles. The Bertz CT molecular complexity index is 676. The molecule has 1 aliphatic rings. The smallest absolute Gasteiger partial charge is 0.174 e. The molecule has 1 fully saturated rings. The third-order valence-corrected chi connectivity index (χ3v) is 4.48. The maximum Gasteiger partial charge on any atom is 0.174 e. The molecule has 0 radical (unpaired) electrons. The predicted molar refractivity (Wildman–Crippen MR) is 101 cm³/mol. The summed E-state index contributed by atoms with van der Waals surface area (Å²) in [6.07, 6.45) is 3.75. The summed E-state index contributed by atoms with van der Waals surface area (Å²) in [4.78, 5) is 13.3. The lowest BCUT2D eigenvalue weighted by molar-refractivity contribution is 0.177. The van der Waals surface area contributed by atoms with Gasteiger partial charge in [0.15, 0.2) is 5.11 Å². The lowest BCUT2D eigenvalue weighted by atomic mass is 10.2. The number of anilines is 1. The van der Waals surface area contributed by atoms with E-state index >= 15 is 0 Å². The van der Waals surface area contributed by atoms with Gasteiger partial charge >= 0.3 is 0 Å². The van der Waals surface area contributed by atoms with Crippen molar-refractivity contribution < 1.29 is 0 Å². The van der Waals surface area contributed by atoms with Gasteiger partial charge in [0.25, 0.3) is 0 Å². The first kappa shape index (κ1) is 16.8. The molecule has 2 aromatic rings. The molecule has 3 heterocycles. The molecule has 1 N–H and O–H groups in total.